The second kappa shape index (κ2) is 8.88. The van der Waals surface area contributed by atoms with Crippen LogP contribution in [0.2, 0.25) is 5.02 Å². The van der Waals surface area contributed by atoms with Gasteiger partial charge in [-0.15, -0.1) is 5.10 Å². The van der Waals surface area contributed by atoms with Crippen LogP contribution >= 0.6 is 11.6 Å². The number of benzene rings is 1. The van der Waals surface area contributed by atoms with Gasteiger partial charge >= 0.3 is 5.97 Å². The lowest BCUT2D eigenvalue weighted by Crippen LogP contribution is -2.28. The highest BCUT2D eigenvalue weighted by Crippen LogP contribution is 2.15. The van der Waals surface area contributed by atoms with Crippen LogP contribution in [0.1, 0.15) is 23.3 Å². The Morgan fingerprint density at radius 1 is 1.25 bits per heavy atom. The van der Waals surface area contributed by atoms with Gasteiger partial charge in [-0.2, -0.15) is 0 Å². The number of nitrogens with one attached hydrogen (secondary N) is 1. The third-order valence-corrected chi connectivity index (χ3v) is 3.29. The first-order chi connectivity index (χ1) is 11.5. The van der Waals surface area contributed by atoms with E-state index in [0.29, 0.717) is 18.2 Å². The van der Waals surface area contributed by atoms with E-state index in [1.165, 1.54) is 10.9 Å². The second-order valence-corrected chi connectivity index (χ2v) is 5.40. The topological polar surface area (TPSA) is 106 Å². The van der Waals surface area contributed by atoms with Crippen LogP contribution < -0.4 is 10.1 Å². The van der Waals surface area contributed by atoms with Crippen LogP contribution in [0.3, 0.4) is 0 Å². The first-order valence-electron chi connectivity index (χ1n) is 7.33. The van der Waals surface area contributed by atoms with Crippen molar-refractivity contribution in [2.24, 2.45) is 0 Å². The Morgan fingerprint density at radius 3 is 2.67 bits per heavy atom. The summed E-state index contributed by atoms with van der Waals surface area (Å²) in [5.74, 6) is -0.679. The smallest absolute Gasteiger partial charge is 0.358 e. The number of aromatic nitrogens is 3. The third-order valence-electron chi connectivity index (χ3n) is 3.04. The van der Waals surface area contributed by atoms with Gasteiger partial charge < -0.3 is 15.2 Å². The van der Waals surface area contributed by atoms with E-state index >= 15 is 0 Å². The van der Waals surface area contributed by atoms with E-state index < -0.39 is 5.97 Å². The molecule has 0 spiro atoms. The standard InChI is InChI=1S/C15H17ClN4O4/c16-11-3-5-12(6-4-11)24-8-2-1-7-17-14(21)10-20-9-13(15(22)23)18-19-20/h3-6,9H,1-2,7-8,10H2,(H,17,21)(H,22,23). The second-order valence-electron chi connectivity index (χ2n) is 4.97. The monoisotopic (exact) mass is 352 g/mol. The van der Waals surface area contributed by atoms with Gasteiger partial charge in [0.2, 0.25) is 5.91 Å². The molecule has 0 aliphatic heterocycles. The van der Waals surface area contributed by atoms with Gasteiger partial charge in [0.15, 0.2) is 5.69 Å². The van der Waals surface area contributed by atoms with Gasteiger partial charge in [0.05, 0.1) is 12.8 Å². The molecule has 128 valence electrons. The number of carboxylic acids is 1. The average Bonchev–Trinajstić information content (AvgIpc) is 3.01. The summed E-state index contributed by atoms with van der Waals surface area (Å²) < 4.78 is 6.72. The van der Waals surface area contributed by atoms with Crippen LogP contribution in [0.4, 0.5) is 0 Å². The number of rotatable bonds is 9. The molecular weight excluding hydrogens is 336 g/mol. The molecule has 0 bridgehead atoms. The summed E-state index contributed by atoms with van der Waals surface area (Å²) in [6, 6.07) is 7.12. The molecule has 1 heterocycles. The molecular formula is C15H17ClN4O4. The number of hydrogen-bond donors (Lipinski definition) is 2. The highest BCUT2D eigenvalue weighted by Gasteiger charge is 2.10. The summed E-state index contributed by atoms with van der Waals surface area (Å²) in [6.07, 6.45) is 2.76. The Kier molecular flexibility index (Phi) is 6.56. The number of carboxylic acid groups (broad SMARTS) is 1. The molecule has 2 rings (SSSR count). The van der Waals surface area contributed by atoms with Crippen molar-refractivity contribution in [2.45, 2.75) is 19.4 Å². The number of unbranched alkanes of at least 4 members (excludes halogenated alkanes) is 1. The summed E-state index contributed by atoms with van der Waals surface area (Å²) in [6.45, 7) is 0.980. The molecule has 9 heteroatoms. The zero-order valence-corrected chi connectivity index (χ0v) is 13.6. The molecule has 0 atom stereocenters. The molecule has 0 saturated carbocycles. The number of carbonyl (C=O) groups excluding carboxylic acids is 1. The lowest BCUT2D eigenvalue weighted by atomic mass is 10.3. The van der Waals surface area contributed by atoms with Gasteiger partial charge in [-0.3, -0.25) is 4.79 Å². The van der Waals surface area contributed by atoms with Gasteiger partial charge in [0.25, 0.3) is 0 Å². The first kappa shape index (κ1) is 17.7. The molecule has 2 N–H and O–H groups in total. The minimum absolute atomic E-state index is 0.0679. The molecule has 0 saturated heterocycles. The average molecular weight is 353 g/mol. The molecule has 0 fully saturated rings. The third kappa shape index (κ3) is 5.88. The normalized spacial score (nSPS) is 10.4. The van der Waals surface area contributed by atoms with Crippen molar-refractivity contribution < 1.29 is 19.4 Å². The lowest BCUT2D eigenvalue weighted by molar-refractivity contribution is -0.121. The number of ether oxygens (including phenoxy) is 1. The molecule has 0 aliphatic carbocycles. The Bertz CT molecular complexity index is 687. The van der Waals surface area contributed by atoms with E-state index in [1.807, 2.05) is 0 Å². The molecule has 0 radical (unpaired) electrons. The van der Waals surface area contributed by atoms with Crippen molar-refractivity contribution in [1.82, 2.24) is 20.3 Å². The summed E-state index contributed by atoms with van der Waals surface area (Å²) in [4.78, 5) is 22.3. The summed E-state index contributed by atoms with van der Waals surface area (Å²) in [5, 5.41) is 19.1. The van der Waals surface area contributed by atoms with Crippen molar-refractivity contribution in [1.29, 1.82) is 0 Å². The minimum atomic E-state index is -1.18. The van der Waals surface area contributed by atoms with E-state index in [9.17, 15) is 9.59 Å². The maximum absolute atomic E-state index is 11.7. The Labute approximate surface area is 143 Å². The first-order valence-corrected chi connectivity index (χ1v) is 7.71. The Morgan fingerprint density at radius 2 is 2.00 bits per heavy atom. The summed E-state index contributed by atoms with van der Waals surface area (Å²) in [5.41, 5.74) is -0.192. The highest BCUT2D eigenvalue weighted by atomic mass is 35.5. The highest BCUT2D eigenvalue weighted by molar-refractivity contribution is 6.30. The molecule has 0 unspecified atom stereocenters. The van der Waals surface area contributed by atoms with E-state index in [4.69, 9.17) is 21.4 Å². The largest absolute Gasteiger partial charge is 0.494 e. The number of aromatic carboxylic acids is 1. The number of nitrogens with zero attached hydrogens (tertiary/aromatic N) is 3. The van der Waals surface area contributed by atoms with Crippen molar-refractivity contribution in [3.05, 3.63) is 41.2 Å². The summed E-state index contributed by atoms with van der Waals surface area (Å²) >= 11 is 5.78. The van der Waals surface area contributed by atoms with Crippen LogP contribution in [-0.4, -0.2) is 45.1 Å². The van der Waals surface area contributed by atoms with E-state index in [-0.39, 0.29) is 18.1 Å². The van der Waals surface area contributed by atoms with Gasteiger partial charge in [-0.05, 0) is 37.1 Å². The zero-order chi connectivity index (χ0) is 17.4. The number of halogens is 1. The molecule has 2 aromatic rings. The molecule has 8 nitrogen and oxygen atoms in total. The predicted molar refractivity (Wildman–Crippen MR) is 86.2 cm³/mol. The molecule has 1 aromatic heterocycles. The van der Waals surface area contributed by atoms with Gasteiger partial charge in [0.1, 0.15) is 12.3 Å². The predicted octanol–water partition coefficient (Wildman–Crippen LogP) is 1.61. The van der Waals surface area contributed by atoms with Gasteiger partial charge in [0, 0.05) is 11.6 Å². The van der Waals surface area contributed by atoms with Crippen molar-refractivity contribution in [2.75, 3.05) is 13.2 Å². The van der Waals surface area contributed by atoms with Crippen molar-refractivity contribution in [3.8, 4) is 5.75 Å². The van der Waals surface area contributed by atoms with Gasteiger partial charge in [-0.1, -0.05) is 16.8 Å². The number of amides is 1. The fraction of sp³-hybridized carbons (Fsp3) is 0.333. The van der Waals surface area contributed by atoms with Crippen molar-refractivity contribution >= 4 is 23.5 Å². The van der Waals surface area contributed by atoms with Crippen LogP contribution in [0.25, 0.3) is 0 Å². The van der Waals surface area contributed by atoms with Gasteiger partial charge in [-0.25, -0.2) is 9.48 Å². The van der Waals surface area contributed by atoms with Crippen LogP contribution in [0.5, 0.6) is 5.75 Å². The minimum Gasteiger partial charge on any atom is -0.494 e. The molecule has 1 amide bonds. The molecule has 24 heavy (non-hydrogen) atoms. The van der Waals surface area contributed by atoms with Crippen molar-refractivity contribution in [3.63, 3.8) is 0 Å². The number of hydrogen-bond acceptors (Lipinski definition) is 5. The van der Waals surface area contributed by atoms with Crippen LogP contribution in [-0.2, 0) is 11.3 Å². The van der Waals surface area contributed by atoms with E-state index in [0.717, 1.165) is 18.6 Å². The maximum atomic E-state index is 11.7. The van der Waals surface area contributed by atoms with E-state index in [1.54, 1.807) is 24.3 Å². The quantitative estimate of drug-likeness (QED) is 0.664. The van der Waals surface area contributed by atoms with Crippen LogP contribution in [0.15, 0.2) is 30.5 Å². The zero-order valence-electron chi connectivity index (χ0n) is 12.8. The fourth-order valence-corrected chi connectivity index (χ4v) is 1.98. The number of carbonyl (C=O) groups is 2. The molecule has 0 aliphatic rings. The lowest BCUT2D eigenvalue weighted by Gasteiger charge is -2.07. The van der Waals surface area contributed by atoms with E-state index in [2.05, 4.69) is 15.6 Å². The summed E-state index contributed by atoms with van der Waals surface area (Å²) in [7, 11) is 0. The fourth-order valence-electron chi connectivity index (χ4n) is 1.85. The SMILES string of the molecule is O=C(Cn1cc(C(=O)O)nn1)NCCCCOc1ccc(Cl)cc1. The Balaban J connectivity index is 1.57. The van der Waals surface area contributed by atoms with Crippen LogP contribution in [0, 0.1) is 0 Å². The maximum Gasteiger partial charge on any atom is 0.358 e. The molecule has 1 aromatic carbocycles. The Hall–Kier alpha value is -2.61.